The van der Waals surface area contributed by atoms with Crippen LogP contribution in [0.15, 0.2) is 78.9 Å². The Morgan fingerprint density at radius 3 is 1.52 bits per heavy atom. The number of thioether (sulfide) groups is 2. The zero-order chi connectivity index (χ0) is 29.9. The first-order valence-corrected chi connectivity index (χ1v) is 17.8. The second kappa shape index (κ2) is 16.5. The van der Waals surface area contributed by atoms with Gasteiger partial charge in [0.15, 0.2) is 0 Å². The van der Waals surface area contributed by atoms with E-state index in [2.05, 4.69) is 121 Å². The first-order chi connectivity index (χ1) is 20.5. The second-order valence-corrected chi connectivity index (χ2v) is 13.7. The normalized spacial score (nSPS) is 11.1. The second-order valence-electron chi connectivity index (χ2n) is 10.2. The summed E-state index contributed by atoms with van der Waals surface area (Å²) in [6, 6.07) is 29.0. The summed E-state index contributed by atoms with van der Waals surface area (Å²) in [5.74, 6) is 1.93. The topological polar surface area (TPSA) is 9.72 Å². The van der Waals surface area contributed by atoms with E-state index in [0.29, 0.717) is 0 Å². The molecule has 0 radical (unpaired) electrons. The van der Waals surface area contributed by atoms with Gasteiger partial charge >= 0.3 is 0 Å². The molecule has 0 saturated carbocycles. The molecule has 7 heteroatoms. The van der Waals surface area contributed by atoms with Crippen LogP contribution >= 0.6 is 48.0 Å². The van der Waals surface area contributed by atoms with Crippen LogP contribution in [0.1, 0.15) is 38.8 Å². The van der Waals surface area contributed by atoms with Gasteiger partial charge in [0.25, 0.3) is 0 Å². The zero-order valence-corrected chi connectivity index (χ0v) is 28.6. The molecule has 0 aliphatic rings. The Kier molecular flexibility index (Phi) is 12.8. The number of hydrogen-bond acceptors (Lipinski definition) is 5. The van der Waals surface area contributed by atoms with Gasteiger partial charge in [-0.25, -0.2) is 0 Å². The summed E-state index contributed by atoms with van der Waals surface area (Å²) < 4.78 is 1.99. The number of hydrogen-bond donors (Lipinski definition) is 0. The number of thiocarbonyl (C=S) groups is 2. The van der Waals surface area contributed by atoms with E-state index in [-0.39, 0.29) is 0 Å². The SMILES string of the molecule is CCN(CC)C(=S)SCCN(CCSC(=S)N(CC)CC)c1ccc(Cc2c3ccccc3cc3ccccc23)cc1. The largest absolute Gasteiger partial charge is 0.370 e. The van der Waals surface area contributed by atoms with Crippen molar-refractivity contribution in [3.63, 3.8) is 0 Å². The third kappa shape index (κ3) is 8.40. The van der Waals surface area contributed by atoms with Crippen molar-refractivity contribution < 1.29 is 0 Å². The number of benzene rings is 4. The Morgan fingerprint density at radius 1 is 0.619 bits per heavy atom. The van der Waals surface area contributed by atoms with Crippen LogP contribution < -0.4 is 4.90 Å². The van der Waals surface area contributed by atoms with Gasteiger partial charge in [0.1, 0.15) is 8.64 Å². The van der Waals surface area contributed by atoms with Crippen LogP contribution in [0.2, 0.25) is 0 Å². The molecule has 0 bridgehead atoms. The molecule has 0 saturated heterocycles. The van der Waals surface area contributed by atoms with Gasteiger partial charge in [0, 0.05) is 56.5 Å². The third-order valence-electron chi connectivity index (χ3n) is 7.78. The Hall–Kier alpha value is -2.32. The molecule has 0 aliphatic heterocycles. The van der Waals surface area contributed by atoms with Gasteiger partial charge in [-0.1, -0.05) is 109 Å². The zero-order valence-electron chi connectivity index (χ0n) is 25.3. The van der Waals surface area contributed by atoms with Crippen molar-refractivity contribution in [1.29, 1.82) is 0 Å². The van der Waals surface area contributed by atoms with Crippen molar-refractivity contribution >= 4 is 83.8 Å². The van der Waals surface area contributed by atoms with Crippen LogP contribution in [0, 0.1) is 0 Å². The molecular formula is C35H43N3S4. The van der Waals surface area contributed by atoms with Crippen LogP contribution in [0.5, 0.6) is 0 Å². The van der Waals surface area contributed by atoms with E-state index in [1.54, 1.807) is 23.5 Å². The fourth-order valence-electron chi connectivity index (χ4n) is 5.33. The Labute approximate surface area is 272 Å². The number of nitrogens with zero attached hydrogens (tertiary/aromatic N) is 3. The minimum absolute atomic E-state index is 0.907. The van der Waals surface area contributed by atoms with Crippen molar-refractivity contribution in [2.45, 2.75) is 34.1 Å². The van der Waals surface area contributed by atoms with Gasteiger partial charge in [-0.2, -0.15) is 0 Å². The van der Waals surface area contributed by atoms with E-state index in [1.807, 2.05) is 0 Å². The van der Waals surface area contributed by atoms with Crippen LogP contribution in [-0.4, -0.2) is 69.2 Å². The lowest BCUT2D eigenvalue weighted by atomic mass is 9.92. The maximum absolute atomic E-state index is 5.71. The highest BCUT2D eigenvalue weighted by Gasteiger charge is 2.13. The molecule has 0 heterocycles. The molecule has 4 rings (SSSR count). The molecule has 4 aromatic rings. The molecule has 3 nitrogen and oxygen atoms in total. The van der Waals surface area contributed by atoms with Gasteiger partial charge in [0.05, 0.1) is 0 Å². The van der Waals surface area contributed by atoms with Gasteiger partial charge in [-0.05, 0) is 85.0 Å². The van der Waals surface area contributed by atoms with Crippen molar-refractivity contribution in [3.05, 3.63) is 90.0 Å². The lowest BCUT2D eigenvalue weighted by molar-refractivity contribution is 0.482. The predicted molar refractivity (Wildman–Crippen MR) is 199 cm³/mol. The van der Waals surface area contributed by atoms with Crippen molar-refractivity contribution in [1.82, 2.24) is 9.80 Å². The van der Waals surface area contributed by atoms with Crippen LogP contribution in [0.25, 0.3) is 21.5 Å². The predicted octanol–water partition coefficient (Wildman–Crippen LogP) is 9.11. The fourth-order valence-corrected chi connectivity index (χ4v) is 8.20. The summed E-state index contributed by atoms with van der Waals surface area (Å²) in [5.41, 5.74) is 3.98. The minimum atomic E-state index is 0.907. The van der Waals surface area contributed by atoms with E-state index in [0.717, 1.165) is 65.8 Å². The Balaban J connectivity index is 1.51. The molecule has 0 fully saturated rings. The minimum Gasteiger partial charge on any atom is -0.370 e. The monoisotopic (exact) mass is 633 g/mol. The van der Waals surface area contributed by atoms with E-state index in [1.165, 1.54) is 38.4 Å². The summed E-state index contributed by atoms with van der Waals surface area (Å²) in [7, 11) is 0. The van der Waals surface area contributed by atoms with Crippen LogP contribution in [0.4, 0.5) is 5.69 Å². The van der Waals surface area contributed by atoms with Crippen molar-refractivity contribution in [2.24, 2.45) is 0 Å². The molecule has 0 aliphatic carbocycles. The molecule has 0 unspecified atom stereocenters. The Morgan fingerprint density at radius 2 is 1.07 bits per heavy atom. The summed E-state index contributed by atoms with van der Waals surface area (Å²) in [4.78, 5) is 7.01. The van der Waals surface area contributed by atoms with Crippen LogP contribution in [-0.2, 0) is 6.42 Å². The standard InChI is InChI=1S/C35H43N3S4/c1-5-36(6-2)34(39)41-23-21-38(22-24-42-35(40)37(7-3)8-4)30-19-17-27(18-20-30)25-33-31-15-11-9-13-28(31)26-29-14-10-12-16-32(29)33/h9-20,26H,5-8,21-25H2,1-4H3. The number of rotatable bonds is 13. The first-order valence-electron chi connectivity index (χ1n) is 15.1. The maximum atomic E-state index is 5.71. The molecule has 0 aromatic heterocycles. The lowest BCUT2D eigenvalue weighted by Gasteiger charge is -2.27. The number of anilines is 1. The molecule has 4 aromatic carbocycles. The molecule has 0 atom stereocenters. The van der Waals surface area contributed by atoms with Crippen molar-refractivity contribution in [2.75, 3.05) is 55.7 Å². The molecule has 0 amide bonds. The highest BCUT2D eigenvalue weighted by atomic mass is 32.2. The fraction of sp³-hybridized carbons (Fsp3) is 0.371. The summed E-state index contributed by atoms with van der Waals surface area (Å²) in [6.45, 7) is 14.4. The van der Waals surface area contributed by atoms with Gasteiger partial charge < -0.3 is 14.7 Å². The Bertz CT molecular complexity index is 1380. The molecule has 0 spiro atoms. The molecular weight excluding hydrogens is 591 g/mol. The van der Waals surface area contributed by atoms with E-state index < -0.39 is 0 Å². The summed E-state index contributed by atoms with van der Waals surface area (Å²) in [5, 5.41) is 5.28. The number of fused-ring (bicyclic) bond motifs is 2. The highest BCUT2D eigenvalue weighted by Crippen LogP contribution is 2.31. The average Bonchev–Trinajstić information content (AvgIpc) is 3.02. The maximum Gasteiger partial charge on any atom is 0.136 e. The lowest BCUT2D eigenvalue weighted by Crippen LogP contribution is -2.32. The average molecular weight is 634 g/mol. The van der Waals surface area contributed by atoms with Gasteiger partial charge in [-0.15, -0.1) is 0 Å². The van der Waals surface area contributed by atoms with E-state index >= 15 is 0 Å². The third-order valence-corrected chi connectivity index (χ3v) is 10.8. The smallest absolute Gasteiger partial charge is 0.136 e. The van der Waals surface area contributed by atoms with Crippen molar-refractivity contribution in [3.8, 4) is 0 Å². The summed E-state index contributed by atoms with van der Waals surface area (Å²) in [6.07, 6.45) is 0.907. The highest BCUT2D eigenvalue weighted by molar-refractivity contribution is 8.23. The van der Waals surface area contributed by atoms with Crippen LogP contribution in [0.3, 0.4) is 0 Å². The molecule has 42 heavy (non-hydrogen) atoms. The molecule has 222 valence electrons. The molecule has 0 N–H and O–H groups in total. The van der Waals surface area contributed by atoms with Gasteiger partial charge in [0.2, 0.25) is 0 Å². The van der Waals surface area contributed by atoms with Gasteiger partial charge in [-0.3, -0.25) is 0 Å². The quantitative estimate of drug-likeness (QED) is 0.106. The van der Waals surface area contributed by atoms with E-state index in [4.69, 9.17) is 24.4 Å². The summed E-state index contributed by atoms with van der Waals surface area (Å²) >= 11 is 15.0. The van der Waals surface area contributed by atoms with E-state index in [9.17, 15) is 0 Å². The first kappa shape index (κ1) is 32.6.